The van der Waals surface area contributed by atoms with E-state index >= 15 is 0 Å². The van der Waals surface area contributed by atoms with Crippen LogP contribution in [0.5, 0.6) is 0 Å². The third-order valence-corrected chi connectivity index (χ3v) is 6.46. The molecule has 0 spiro atoms. The first-order chi connectivity index (χ1) is 10.6. The Morgan fingerprint density at radius 3 is 2.23 bits per heavy atom. The highest BCUT2D eigenvalue weighted by atomic mass is 32.2. The molecule has 0 bridgehead atoms. The molecule has 3 rings (SSSR count). The molecule has 1 aromatic heterocycles. The second kappa shape index (κ2) is 6.36. The number of thiazole rings is 1. The lowest BCUT2D eigenvalue weighted by Gasteiger charge is -2.19. The smallest absolute Gasteiger partial charge is 0.243 e. The maximum Gasteiger partial charge on any atom is 0.243 e. The maximum absolute atomic E-state index is 12.7. The summed E-state index contributed by atoms with van der Waals surface area (Å²) >= 11 is 1.37. The number of sulfonamides is 1. The van der Waals surface area contributed by atoms with Gasteiger partial charge in [-0.15, -0.1) is 11.3 Å². The van der Waals surface area contributed by atoms with Gasteiger partial charge in [-0.25, -0.2) is 13.4 Å². The fourth-order valence-corrected chi connectivity index (χ4v) is 4.74. The van der Waals surface area contributed by atoms with Gasteiger partial charge in [-0.2, -0.15) is 4.31 Å². The number of benzene rings is 1. The van der Waals surface area contributed by atoms with E-state index in [1.807, 2.05) is 5.38 Å². The van der Waals surface area contributed by atoms with Crippen molar-refractivity contribution in [3.05, 3.63) is 29.6 Å². The molecule has 0 atom stereocenters. The lowest BCUT2D eigenvalue weighted by atomic mass is 10.2. The zero-order valence-corrected chi connectivity index (χ0v) is 13.9. The van der Waals surface area contributed by atoms with Crippen LogP contribution < -0.4 is 5.73 Å². The van der Waals surface area contributed by atoms with Crippen molar-refractivity contribution in [2.24, 2.45) is 0 Å². The molecule has 1 aromatic carbocycles. The van der Waals surface area contributed by atoms with E-state index in [1.165, 1.54) is 11.3 Å². The molecular weight excluding hydrogens is 318 g/mol. The molecule has 1 aliphatic heterocycles. The third kappa shape index (κ3) is 3.16. The van der Waals surface area contributed by atoms with Gasteiger partial charge in [0, 0.05) is 24.0 Å². The molecule has 118 valence electrons. The first kappa shape index (κ1) is 15.5. The van der Waals surface area contributed by atoms with Gasteiger partial charge in [0.15, 0.2) is 5.13 Å². The Kier molecular flexibility index (Phi) is 4.46. The van der Waals surface area contributed by atoms with E-state index in [0.717, 1.165) is 36.9 Å². The largest absolute Gasteiger partial charge is 0.375 e. The zero-order chi connectivity index (χ0) is 15.6. The van der Waals surface area contributed by atoms with Gasteiger partial charge in [0.2, 0.25) is 10.0 Å². The van der Waals surface area contributed by atoms with Crippen LogP contribution >= 0.6 is 11.3 Å². The van der Waals surface area contributed by atoms with Gasteiger partial charge >= 0.3 is 0 Å². The molecular formula is C15H19N3O2S2. The first-order valence-corrected chi connectivity index (χ1v) is 9.71. The topological polar surface area (TPSA) is 76.3 Å². The summed E-state index contributed by atoms with van der Waals surface area (Å²) in [4.78, 5) is 4.56. The summed E-state index contributed by atoms with van der Waals surface area (Å²) < 4.78 is 27.0. The van der Waals surface area contributed by atoms with Crippen molar-refractivity contribution in [2.75, 3.05) is 18.8 Å². The molecule has 5 nitrogen and oxygen atoms in total. The number of nitrogen functional groups attached to an aromatic ring is 1. The van der Waals surface area contributed by atoms with Crippen LogP contribution in [0.1, 0.15) is 25.7 Å². The van der Waals surface area contributed by atoms with Crippen molar-refractivity contribution < 1.29 is 8.42 Å². The predicted octanol–water partition coefficient (Wildman–Crippen LogP) is 2.96. The second-order valence-corrected chi connectivity index (χ2v) is 8.24. The van der Waals surface area contributed by atoms with Crippen molar-refractivity contribution in [3.8, 4) is 11.3 Å². The highest BCUT2D eigenvalue weighted by Gasteiger charge is 2.24. The van der Waals surface area contributed by atoms with Gasteiger partial charge in [-0.1, -0.05) is 25.0 Å². The van der Waals surface area contributed by atoms with E-state index in [1.54, 1.807) is 28.6 Å². The molecule has 0 aliphatic carbocycles. The quantitative estimate of drug-likeness (QED) is 0.934. The molecule has 2 heterocycles. The van der Waals surface area contributed by atoms with E-state index in [-0.39, 0.29) is 0 Å². The fourth-order valence-electron chi connectivity index (χ4n) is 2.65. The molecule has 22 heavy (non-hydrogen) atoms. The van der Waals surface area contributed by atoms with Crippen LogP contribution in [0.3, 0.4) is 0 Å². The lowest BCUT2D eigenvalue weighted by Crippen LogP contribution is -2.31. The first-order valence-electron chi connectivity index (χ1n) is 7.39. The molecule has 0 unspecified atom stereocenters. The van der Waals surface area contributed by atoms with Crippen molar-refractivity contribution in [3.63, 3.8) is 0 Å². The van der Waals surface area contributed by atoms with E-state index in [2.05, 4.69) is 4.98 Å². The van der Waals surface area contributed by atoms with Crippen LogP contribution in [-0.2, 0) is 10.0 Å². The minimum absolute atomic E-state index is 0.348. The number of nitrogens with zero attached hydrogens (tertiary/aromatic N) is 2. The average molecular weight is 337 g/mol. The average Bonchev–Trinajstić information content (AvgIpc) is 2.77. The van der Waals surface area contributed by atoms with E-state index in [9.17, 15) is 8.42 Å². The Bertz CT molecular complexity index is 730. The monoisotopic (exact) mass is 337 g/mol. The van der Waals surface area contributed by atoms with Crippen molar-refractivity contribution >= 4 is 26.5 Å². The Morgan fingerprint density at radius 2 is 1.68 bits per heavy atom. The number of hydrogen-bond donors (Lipinski definition) is 1. The van der Waals surface area contributed by atoms with Gasteiger partial charge < -0.3 is 5.73 Å². The highest BCUT2D eigenvalue weighted by molar-refractivity contribution is 7.89. The van der Waals surface area contributed by atoms with E-state index in [4.69, 9.17) is 5.73 Å². The SMILES string of the molecule is Nc1nc(-c2ccc(S(=O)(=O)N3CCCCCC3)cc2)cs1. The lowest BCUT2D eigenvalue weighted by molar-refractivity contribution is 0.424. The molecule has 0 saturated carbocycles. The molecule has 1 fully saturated rings. The Labute approximate surface area is 134 Å². The van der Waals surface area contributed by atoms with E-state index in [0.29, 0.717) is 23.1 Å². The summed E-state index contributed by atoms with van der Waals surface area (Å²) in [5.41, 5.74) is 7.29. The van der Waals surface area contributed by atoms with Gasteiger partial charge in [-0.3, -0.25) is 0 Å². The van der Waals surface area contributed by atoms with Crippen LogP contribution in [0.25, 0.3) is 11.3 Å². The normalized spacial score (nSPS) is 17.3. The highest BCUT2D eigenvalue weighted by Crippen LogP contribution is 2.26. The maximum atomic E-state index is 12.7. The zero-order valence-electron chi connectivity index (χ0n) is 12.2. The second-order valence-electron chi connectivity index (χ2n) is 5.41. The third-order valence-electron chi connectivity index (χ3n) is 3.87. The molecule has 0 radical (unpaired) electrons. The number of nitrogens with two attached hydrogens (primary N) is 1. The standard InChI is InChI=1S/C15H19N3O2S2/c16-15-17-14(11-21-15)12-5-7-13(8-6-12)22(19,20)18-9-3-1-2-4-10-18/h5-8,11H,1-4,9-10H2,(H2,16,17). The summed E-state index contributed by atoms with van der Waals surface area (Å²) in [5.74, 6) is 0. The summed E-state index contributed by atoms with van der Waals surface area (Å²) in [6, 6.07) is 6.90. The number of rotatable bonds is 3. The number of aromatic nitrogens is 1. The van der Waals surface area contributed by atoms with Crippen molar-refractivity contribution in [1.29, 1.82) is 0 Å². The summed E-state index contributed by atoms with van der Waals surface area (Å²) in [6.45, 7) is 1.24. The van der Waals surface area contributed by atoms with Gasteiger partial charge in [0.25, 0.3) is 0 Å². The fraction of sp³-hybridized carbons (Fsp3) is 0.400. The molecule has 2 aromatic rings. The summed E-state index contributed by atoms with van der Waals surface area (Å²) in [6.07, 6.45) is 4.09. The number of hydrogen-bond acceptors (Lipinski definition) is 5. The van der Waals surface area contributed by atoms with Crippen LogP contribution in [0.15, 0.2) is 34.5 Å². The molecule has 2 N–H and O–H groups in total. The van der Waals surface area contributed by atoms with E-state index < -0.39 is 10.0 Å². The molecule has 1 aliphatic rings. The molecule has 7 heteroatoms. The summed E-state index contributed by atoms with van der Waals surface area (Å²) in [5, 5.41) is 2.38. The minimum Gasteiger partial charge on any atom is -0.375 e. The summed E-state index contributed by atoms with van der Waals surface area (Å²) in [7, 11) is -3.39. The van der Waals surface area contributed by atoms with Crippen LogP contribution in [0, 0.1) is 0 Å². The van der Waals surface area contributed by atoms with Crippen molar-refractivity contribution in [1.82, 2.24) is 9.29 Å². The Hall–Kier alpha value is -1.44. The van der Waals surface area contributed by atoms with Crippen LogP contribution in [0.2, 0.25) is 0 Å². The molecule has 0 amide bonds. The number of anilines is 1. The Morgan fingerprint density at radius 1 is 1.05 bits per heavy atom. The van der Waals surface area contributed by atoms with Crippen LogP contribution in [-0.4, -0.2) is 30.8 Å². The molecule has 1 saturated heterocycles. The van der Waals surface area contributed by atoms with Crippen molar-refractivity contribution in [2.45, 2.75) is 30.6 Å². The minimum atomic E-state index is -3.39. The Balaban J connectivity index is 1.85. The van der Waals surface area contributed by atoms with Gasteiger partial charge in [-0.05, 0) is 25.0 Å². The predicted molar refractivity (Wildman–Crippen MR) is 89.2 cm³/mol. The van der Waals surface area contributed by atoms with Gasteiger partial charge in [0.1, 0.15) is 0 Å². The van der Waals surface area contributed by atoms with Gasteiger partial charge in [0.05, 0.1) is 10.6 Å². The van der Waals surface area contributed by atoms with Crippen LogP contribution in [0.4, 0.5) is 5.13 Å².